The molecule has 4 rings (SSSR count). The monoisotopic (exact) mass is 383 g/mol. The van der Waals surface area contributed by atoms with E-state index in [1.807, 2.05) is 35.0 Å². The minimum Gasteiger partial charge on any atom is -0.310 e. The third kappa shape index (κ3) is 4.01. The van der Waals surface area contributed by atoms with Crippen molar-refractivity contribution >= 4 is 12.2 Å². The van der Waals surface area contributed by atoms with Crippen molar-refractivity contribution in [2.45, 2.75) is 45.6 Å². The highest BCUT2D eigenvalue weighted by Crippen LogP contribution is 2.19. The first-order chi connectivity index (χ1) is 13.2. The van der Waals surface area contributed by atoms with Gasteiger partial charge in [-0.2, -0.15) is 4.68 Å². The topological polar surface area (TPSA) is 27.2 Å². The smallest absolute Gasteiger partial charge is 0.203 e. The molecule has 1 aliphatic rings. The predicted molar refractivity (Wildman–Crippen MR) is 106 cm³/mol. The van der Waals surface area contributed by atoms with Crippen LogP contribution in [0.3, 0.4) is 0 Å². The molecule has 3 aromatic rings. The lowest BCUT2D eigenvalue weighted by Gasteiger charge is -2.19. The van der Waals surface area contributed by atoms with Crippen LogP contribution in [0.25, 0.3) is 11.4 Å². The minimum atomic E-state index is -0.192. The lowest BCUT2D eigenvalue weighted by molar-refractivity contribution is -0.947. The van der Waals surface area contributed by atoms with E-state index < -0.39 is 0 Å². The number of benzene rings is 2. The Kier molecular flexibility index (Phi) is 5.18. The molecule has 0 spiro atoms. The molecule has 1 fully saturated rings. The molecule has 2 aromatic carbocycles. The summed E-state index contributed by atoms with van der Waals surface area (Å²) in [5, 5.41) is 4.85. The largest absolute Gasteiger partial charge is 0.310 e. The van der Waals surface area contributed by atoms with Crippen molar-refractivity contribution in [3.05, 3.63) is 70.7 Å². The number of hydrogen-bond donors (Lipinski definition) is 1. The highest BCUT2D eigenvalue weighted by atomic mass is 32.1. The summed E-state index contributed by atoms with van der Waals surface area (Å²) in [7, 11) is 0. The molecular weight excluding hydrogens is 359 g/mol. The van der Waals surface area contributed by atoms with E-state index in [9.17, 15) is 4.39 Å². The molecule has 0 radical (unpaired) electrons. The van der Waals surface area contributed by atoms with Gasteiger partial charge in [0.05, 0.1) is 6.04 Å². The fourth-order valence-electron chi connectivity index (χ4n) is 3.51. The van der Waals surface area contributed by atoms with Crippen LogP contribution in [0, 0.1) is 10.6 Å². The summed E-state index contributed by atoms with van der Waals surface area (Å²) < 4.78 is 18.0. The molecule has 4 nitrogen and oxygen atoms in total. The van der Waals surface area contributed by atoms with E-state index in [1.165, 1.54) is 29.9 Å². The maximum absolute atomic E-state index is 13.2. The molecule has 0 bridgehead atoms. The number of quaternary nitrogens is 1. The van der Waals surface area contributed by atoms with E-state index in [0.29, 0.717) is 6.04 Å². The van der Waals surface area contributed by atoms with Gasteiger partial charge in [0.1, 0.15) is 12.4 Å². The molecule has 1 N–H and O–H groups in total. The first-order valence-corrected chi connectivity index (χ1v) is 9.88. The Morgan fingerprint density at radius 2 is 1.81 bits per heavy atom. The van der Waals surface area contributed by atoms with E-state index in [1.54, 1.807) is 0 Å². The summed E-state index contributed by atoms with van der Waals surface area (Å²) in [5.74, 6) is 0.725. The van der Waals surface area contributed by atoms with Gasteiger partial charge in [0.25, 0.3) is 0 Å². The maximum atomic E-state index is 13.2. The number of halogens is 1. The molecule has 0 saturated heterocycles. The molecule has 0 aliphatic heterocycles. The van der Waals surface area contributed by atoms with Gasteiger partial charge in [-0.15, -0.1) is 5.10 Å². The van der Waals surface area contributed by atoms with Crippen LogP contribution >= 0.6 is 12.2 Å². The summed E-state index contributed by atoms with van der Waals surface area (Å²) in [5.41, 5.74) is 2.22. The second kappa shape index (κ2) is 7.74. The third-order valence-corrected chi connectivity index (χ3v) is 5.55. The average Bonchev–Trinajstić information content (AvgIpc) is 3.49. The van der Waals surface area contributed by atoms with Crippen molar-refractivity contribution in [3.63, 3.8) is 0 Å². The number of aromatic nitrogens is 3. The van der Waals surface area contributed by atoms with Crippen LogP contribution in [0.4, 0.5) is 4.39 Å². The Hall–Kier alpha value is -2.31. The Balaban J connectivity index is 1.61. The second-order valence-corrected chi connectivity index (χ2v) is 7.48. The average molecular weight is 384 g/mol. The highest BCUT2D eigenvalue weighted by molar-refractivity contribution is 7.71. The van der Waals surface area contributed by atoms with Crippen molar-refractivity contribution in [1.82, 2.24) is 14.3 Å². The molecular formula is C21H24FN4S+. The van der Waals surface area contributed by atoms with E-state index in [4.69, 9.17) is 17.3 Å². The Morgan fingerprint density at radius 1 is 1.11 bits per heavy atom. The van der Waals surface area contributed by atoms with Crippen molar-refractivity contribution in [1.29, 1.82) is 0 Å². The van der Waals surface area contributed by atoms with Crippen molar-refractivity contribution in [2.24, 2.45) is 0 Å². The summed E-state index contributed by atoms with van der Waals surface area (Å²) in [4.78, 5) is 1.43. The van der Waals surface area contributed by atoms with Crippen LogP contribution in [-0.2, 0) is 19.8 Å². The number of rotatable bonds is 7. The van der Waals surface area contributed by atoms with Crippen LogP contribution in [0.5, 0.6) is 0 Å². The quantitative estimate of drug-likeness (QED) is 0.633. The van der Waals surface area contributed by atoms with Crippen molar-refractivity contribution < 1.29 is 9.29 Å². The normalized spacial score (nSPS) is 15.0. The zero-order chi connectivity index (χ0) is 18.8. The van der Waals surface area contributed by atoms with Gasteiger partial charge in [-0.25, -0.2) is 4.39 Å². The van der Waals surface area contributed by atoms with Gasteiger partial charge in [0, 0.05) is 30.5 Å². The number of nitrogens with one attached hydrogen (secondary N) is 1. The van der Waals surface area contributed by atoms with Gasteiger partial charge >= 0.3 is 0 Å². The first-order valence-electron chi connectivity index (χ1n) is 9.47. The Bertz CT molecular complexity index is 958. The first kappa shape index (κ1) is 18.1. The fraction of sp³-hybridized carbons (Fsp3) is 0.333. The Labute approximate surface area is 163 Å². The van der Waals surface area contributed by atoms with Crippen LogP contribution in [-0.4, -0.2) is 20.4 Å². The molecule has 1 heterocycles. The minimum absolute atomic E-state index is 0.192. The van der Waals surface area contributed by atoms with E-state index in [2.05, 4.69) is 23.6 Å². The van der Waals surface area contributed by atoms with E-state index >= 15 is 0 Å². The molecule has 1 aromatic heterocycles. The lowest BCUT2D eigenvalue weighted by atomic mass is 10.2. The van der Waals surface area contributed by atoms with E-state index in [0.717, 1.165) is 41.5 Å². The summed E-state index contributed by atoms with van der Waals surface area (Å²) >= 11 is 5.72. The SMILES string of the molecule is CCn1c(-c2ccccc2)nn(C[NH+](Cc2ccc(F)cc2)C2CC2)c1=S. The van der Waals surface area contributed by atoms with Gasteiger partial charge in [-0.1, -0.05) is 42.5 Å². The van der Waals surface area contributed by atoms with Crippen molar-refractivity contribution in [3.8, 4) is 11.4 Å². The predicted octanol–water partition coefficient (Wildman–Crippen LogP) is 3.45. The number of hydrogen-bond acceptors (Lipinski definition) is 2. The third-order valence-electron chi connectivity index (χ3n) is 5.12. The van der Waals surface area contributed by atoms with E-state index in [-0.39, 0.29) is 5.82 Å². The van der Waals surface area contributed by atoms with Crippen molar-refractivity contribution in [2.75, 3.05) is 0 Å². The summed E-state index contributed by atoms with van der Waals surface area (Å²) in [6.07, 6.45) is 2.45. The van der Waals surface area contributed by atoms with Crippen LogP contribution in [0.2, 0.25) is 0 Å². The van der Waals surface area contributed by atoms with Gasteiger partial charge in [0.2, 0.25) is 4.77 Å². The molecule has 1 saturated carbocycles. The van der Waals surface area contributed by atoms with Gasteiger partial charge in [-0.05, 0) is 31.3 Å². The lowest BCUT2D eigenvalue weighted by Crippen LogP contribution is -3.11. The zero-order valence-electron chi connectivity index (χ0n) is 15.4. The maximum Gasteiger partial charge on any atom is 0.203 e. The standard InChI is InChI=1S/C21H23FN4S/c1-2-25-20(17-6-4-3-5-7-17)23-26(21(25)27)15-24(19-12-13-19)14-16-8-10-18(22)11-9-16/h3-11,19H,2,12-15H2,1H3/p+1. The molecule has 1 aliphatic carbocycles. The zero-order valence-corrected chi connectivity index (χ0v) is 16.3. The summed E-state index contributed by atoms with van der Waals surface area (Å²) in [6.45, 7) is 4.47. The second-order valence-electron chi connectivity index (χ2n) is 7.11. The van der Waals surface area contributed by atoms with Crippen LogP contribution in [0.1, 0.15) is 25.3 Å². The fourth-order valence-corrected chi connectivity index (χ4v) is 3.83. The van der Waals surface area contributed by atoms with Gasteiger partial charge in [0.15, 0.2) is 12.5 Å². The van der Waals surface area contributed by atoms with Gasteiger partial charge in [-0.3, -0.25) is 0 Å². The molecule has 1 unspecified atom stereocenters. The molecule has 27 heavy (non-hydrogen) atoms. The van der Waals surface area contributed by atoms with Gasteiger partial charge < -0.3 is 9.47 Å². The Morgan fingerprint density at radius 3 is 2.44 bits per heavy atom. The molecule has 0 amide bonds. The molecule has 1 atom stereocenters. The summed E-state index contributed by atoms with van der Waals surface area (Å²) in [6, 6.07) is 17.6. The van der Waals surface area contributed by atoms with Crippen LogP contribution in [0.15, 0.2) is 54.6 Å². The number of nitrogens with zero attached hydrogens (tertiary/aromatic N) is 3. The highest BCUT2D eigenvalue weighted by Gasteiger charge is 2.34. The van der Waals surface area contributed by atoms with Crippen LogP contribution < -0.4 is 4.90 Å². The molecule has 140 valence electrons. The molecule has 6 heteroatoms.